The number of benzene rings is 1. The summed E-state index contributed by atoms with van der Waals surface area (Å²) in [5, 5.41) is 11.8. The summed E-state index contributed by atoms with van der Waals surface area (Å²) in [6.07, 6.45) is 1.79. The van der Waals surface area contributed by atoms with Crippen LogP contribution in [0.15, 0.2) is 24.5 Å². The van der Waals surface area contributed by atoms with Crippen molar-refractivity contribution in [1.82, 2.24) is 9.55 Å². The molecule has 0 amide bonds. The summed E-state index contributed by atoms with van der Waals surface area (Å²) in [5.74, 6) is 0. The Balaban J connectivity index is 2.44. The van der Waals surface area contributed by atoms with E-state index in [1.165, 1.54) is 0 Å². The Morgan fingerprint density at radius 1 is 1.50 bits per heavy atom. The topological polar surface area (TPSA) is 50.1 Å². The number of para-hydroxylation sites is 1. The van der Waals surface area contributed by atoms with Crippen molar-refractivity contribution >= 4 is 16.7 Å². The normalized spacial score (nSPS) is 10.7. The van der Waals surface area contributed by atoms with Gasteiger partial charge in [-0.2, -0.15) is 0 Å². The summed E-state index contributed by atoms with van der Waals surface area (Å²) in [6.45, 7) is 0.679. The average molecular weight is 191 g/mol. The third kappa shape index (κ3) is 1.44. The molecule has 0 aliphatic rings. The molecule has 0 saturated carbocycles. The minimum Gasteiger partial charge on any atom is -0.395 e. The summed E-state index contributed by atoms with van der Waals surface area (Å²) in [5.41, 5.74) is 3.01. The molecule has 4 heteroatoms. The predicted octanol–water partition coefficient (Wildman–Crippen LogP) is 0.977. The van der Waals surface area contributed by atoms with Crippen molar-refractivity contribution in [3.63, 3.8) is 0 Å². The van der Waals surface area contributed by atoms with E-state index in [4.69, 9.17) is 5.11 Å². The maximum Gasteiger partial charge on any atom is 0.112 e. The van der Waals surface area contributed by atoms with Gasteiger partial charge in [0, 0.05) is 13.6 Å². The molecule has 0 radical (unpaired) electrons. The van der Waals surface area contributed by atoms with Gasteiger partial charge in [-0.3, -0.25) is 0 Å². The molecule has 4 nitrogen and oxygen atoms in total. The number of aliphatic hydroxyl groups excluding tert-OH is 1. The second-order valence-corrected chi connectivity index (χ2v) is 3.18. The molecular weight excluding hydrogens is 178 g/mol. The van der Waals surface area contributed by atoms with Crippen LogP contribution in [0.1, 0.15) is 0 Å². The van der Waals surface area contributed by atoms with Gasteiger partial charge in [-0.25, -0.2) is 4.98 Å². The lowest BCUT2D eigenvalue weighted by molar-refractivity contribution is 0.311. The molecule has 2 N–H and O–H groups in total. The smallest absolute Gasteiger partial charge is 0.112 e. The van der Waals surface area contributed by atoms with Crippen LogP contribution in [0.4, 0.5) is 5.69 Å². The highest BCUT2D eigenvalue weighted by atomic mass is 16.3. The van der Waals surface area contributed by atoms with Crippen LogP contribution in [0.3, 0.4) is 0 Å². The Morgan fingerprint density at radius 2 is 2.36 bits per heavy atom. The number of hydrogen-bond acceptors (Lipinski definition) is 3. The first-order chi connectivity index (χ1) is 6.83. The maximum absolute atomic E-state index is 8.72. The van der Waals surface area contributed by atoms with Gasteiger partial charge >= 0.3 is 0 Å². The van der Waals surface area contributed by atoms with E-state index in [0.29, 0.717) is 6.54 Å². The molecule has 1 heterocycles. The summed E-state index contributed by atoms with van der Waals surface area (Å²) >= 11 is 0. The number of nitrogens with zero attached hydrogens (tertiary/aromatic N) is 2. The minimum atomic E-state index is 0.128. The van der Waals surface area contributed by atoms with E-state index in [0.717, 1.165) is 16.7 Å². The second-order valence-electron chi connectivity index (χ2n) is 3.18. The summed E-state index contributed by atoms with van der Waals surface area (Å²) < 4.78 is 1.97. The van der Waals surface area contributed by atoms with E-state index in [1.54, 1.807) is 6.33 Å². The molecule has 2 rings (SSSR count). The van der Waals surface area contributed by atoms with Gasteiger partial charge in [0.15, 0.2) is 0 Å². The molecule has 2 aromatic rings. The largest absolute Gasteiger partial charge is 0.395 e. The van der Waals surface area contributed by atoms with Crippen LogP contribution >= 0.6 is 0 Å². The molecule has 0 aliphatic carbocycles. The number of anilines is 1. The fourth-order valence-corrected chi connectivity index (χ4v) is 1.49. The van der Waals surface area contributed by atoms with Crippen molar-refractivity contribution in [1.29, 1.82) is 0 Å². The fraction of sp³-hybridized carbons (Fsp3) is 0.300. The van der Waals surface area contributed by atoms with Crippen molar-refractivity contribution < 1.29 is 5.11 Å². The van der Waals surface area contributed by atoms with E-state index in [9.17, 15) is 0 Å². The van der Waals surface area contributed by atoms with Crippen molar-refractivity contribution in [3.8, 4) is 0 Å². The Hall–Kier alpha value is -1.55. The third-order valence-electron chi connectivity index (χ3n) is 2.18. The lowest BCUT2D eigenvalue weighted by atomic mass is 10.2. The quantitative estimate of drug-likeness (QED) is 0.760. The molecule has 14 heavy (non-hydrogen) atoms. The molecular formula is C10H13N3O. The first-order valence-corrected chi connectivity index (χ1v) is 4.57. The van der Waals surface area contributed by atoms with Crippen LogP contribution in [0.25, 0.3) is 11.0 Å². The molecule has 74 valence electrons. The van der Waals surface area contributed by atoms with E-state index in [-0.39, 0.29) is 6.61 Å². The number of rotatable bonds is 3. The van der Waals surface area contributed by atoms with Gasteiger partial charge in [-0.15, -0.1) is 0 Å². The van der Waals surface area contributed by atoms with Crippen molar-refractivity contribution in [2.45, 2.75) is 0 Å². The minimum absolute atomic E-state index is 0.128. The molecule has 0 saturated heterocycles. The number of nitrogens with one attached hydrogen (secondary N) is 1. The molecule has 0 bridgehead atoms. The first kappa shape index (κ1) is 9.02. The van der Waals surface area contributed by atoms with Crippen LogP contribution in [0.5, 0.6) is 0 Å². The monoisotopic (exact) mass is 191 g/mol. The van der Waals surface area contributed by atoms with Crippen molar-refractivity contribution in [3.05, 3.63) is 24.5 Å². The van der Waals surface area contributed by atoms with Gasteiger partial charge in [0.1, 0.15) is 5.52 Å². The number of aromatic nitrogens is 2. The van der Waals surface area contributed by atoms with E-state index < -0.39 is 0 Å². The van der Waals surface area contributed by atoms with Gasteiger partial charge in [0.2, 0.25) is 0 Å². The van der Waals surface area contributed by atoms with Crippen molar-refractivity contribution in [2.24, 2.45) is 7.05 Å². The lowest BCUT2D eigenvalue weighted by Crippen LogP contribution is -2.05. The van der Waals surface area contributed by atoms with Crippen LogP contribution in [0, 0.1) is 0 Å². The van der Waals surface area contributed by atoms with E-state index in [1.807, 2.05) is 29.8 Å². The van der Waals surface area contributed by atoms with E-state index in [2.05, 4.69) is 10.3 Å². The van der Waals surface area contributed by atoms with Gasteiger partial charge < -0.3 is 15.0 Å². The van der Waals surface area contributed by atoms with Crippen LogP contribution in [-0.2, 0) is 7.05 Å². The zero-order valence-electron chi connectivity index (χ0n) is 8.07. The summed E-state index contributed by atoms with van der Waals surface area (Å²) in [4.78, 5) is 4.29. The van der Waals surface area contributed by atoms with Crippen LogP contribution < -0.4 is 5.32 Å². The van der Waals surface area contributed by atoms with Gasteiger partial charge in [0.25, 0.3) is 0 Å². The highest BCUT2D eigenvalue weighted by molar-refractivity contribution is 5.88. The predicted molar refractivity (Wildman–Crippen MR) is 56.3 cm³/mol. The number of aryl methyl sites for hydroxylation is 1. The van der Waals surface area contributed by atoms with Crippen LogP contribution in [-0.4, -0.2) is 27.8 Å². The Kier molecular flexibility index (Phi) is 2.37. The highest BCUT2D eigenvalue weighted by Gasteiger charge is 2.03. The molecule has 0 spiro atoms. The third-order valence-corrected chi connectivity index (χ3v) is 2.18. The summed E-state index contributed by atoms with van der Waals surface area (Å²) in [7, 11) is 1.96. The standard InChI is InChI=1S/C10H13N3O/c1-13-7-12-10-8(11-5-6-14)3-2-4-9(10)13/h2-4,7,11,14H,5-6H2,1H3. The zero-order chi connectivity index (χ0) is 9.97. The van der Waals surface area contributed by atoms with Crippen molar-refractivity contribution in [2.75, 3.05) is 18.5 Å². The number of imidazole rings is 1. The second kappa shape index (κ2) is 3.67. The average Bonchev–Trinajstić information content (AvgIpc) is 2.58. The number of aliphatic hydroxyl groups is 1. The summed E-state index contributed by atoms with van der Waals surface area (Å²) in [6, 6.07) is 5.96. The fourth-order valence-electron chi connectivity index (χ4n) is 1.49. The molecule has 0 fully saturated rings. The molecule has 1 aromatic carbocycles. The highest BCUT2D eigenvalue weighted by Crippen LogP contribution is 2.20. The number of hydrogen-bond donors (Lipinski definition) is 2. The van der Waals surface area contributed by atoms with Gasteiger partial charge in [0.05, 0.1) is 24.1 Å². The Bertz CT molecular complexity index is 436. The Morgan fingerprint density at radius 3 is 3.14 bits per heavy atom. The first-order valence-electron chi connectivity index (χ1n) is 4.57. The molecule has 0 atom stereocenters. The van der Waals surface area contributed by atoms with Gasteiger partial charge in [-0.05, 0) is 12.1 Å². The van der Waals surface area contributed by atoms with E-state index >= 15 is 0 Å². The maximum atomic E-state index is 8.72. The molecule has 1 aromatic heterocycles. The molecule has 0 unspecified atom stereocenters. The van der Waals surface area contributed by atoms with Crippen LogP contribution in [0.2, 0.25) is 0 Å². The zero-order valence-corrected chi connectivity index (χ0v) is 8.07. The lowest BCUT2D eigenvalue weighted by Gasteiger charge is -2.04. The number of fused-ring (bicyclic) bond motifs is 1. The Labute approximate surface area is 82.2 Å². The molecule has 0 aliphatic heterocycles. The SMILES string of the molecule is Cn1cnc2c(NCCO)cccc21. The van der Waals surface area contributed by atoms with Gasteiger partial charge in [-0.1, -0.05) is 6.07 Å².